The Labute approximate surface area is 196 Å². The van der Waals surface area contributed by atoms with Gasteiger partial charge in [-0.25, -0.2) is 22.8 Å². The van der Waals surface area contributed by atoms with Crippen molar-refractivity contribution in [2.45, 2.75) is 31.7 Å². The molecule has 0 spiro atoms. The van der Waals surface area contributed by atoms with Gasteiger partial charge in [-0.1, -0.05) is 6.07 Å². The molecule has 0 fully saturated rings. The second-order valence-electron chi connectivity index (χ2n) is 8.11. The van der Waals surface area contributed by atoms with Crippen molar-refractivity contribution in [1.29, 1.82) is 0 Å². The lowest BCUT2D eigenvalue weighted by atomic mass is 9.85. The molecule has 1 aliphatic heterocycles. The van der Waals surface area contributed by atoms with Gasteiger partial charge >= 0.3 is 0 Å². The quantitative estimate of drug-likeness (QED) is 0.450. The van der Waals surface area contributed by atoms with E-state index in [9.17, 15) is 23.1 Å². The zero-order chi connectivity index (χ0) is 24.0. The Bertz CT molecular complexity index is 1380. The van der Waals surface area contributed by atoms with E-state index in [2.05, 4.69) is 15.1 Å². The van der Waals surface area contributed by atoms with Crippen molar-refractivity contribution in [2.24, 2.45) is 0 Å². The lowest BCUT2D eigenvalue weighted by molar-refractivity contribution is -0.0556. The van der Waals surface area contributed by atoms with Gasteiger partial charge in [0.25, 0.3) is 5.91 Å². The molecule has 1 amide bonds. The SMILES string of the molecule is C[C@@H](N1Cc2cc(-c3cncc(F)c3)sc2C1=O)[C@](O)(Cn1cncn1)c1ccc(F)cc1F. The number of nitrogens with zero attached hydrogens (tertiary/aromatic N) is 5. The van der Waals surface area contributed by atoms with E-state index < -0.39 is 29.1 Å². The van der Waals surface area contributed by atoms with Crippen LogP contribution in [-0.4, -0.2) is 41.7 Å². The number of thiophene rings is 1. The van der Waals surface area contributed by atoms with E-state index >= 15 is 0 Å². The molecule has 0 saturated carbocycles. The highest BCUT2D eigenvalue weighted by Gasteiger charge is 2.46. The van der Waals surface area contributed by atoms with E-state index in [-0.39, 0.29) is 24.6 Å². The molecule has 174 valence electrons. The number of pyridine rings is 1. The molecule has 0 radical (unpaired) electrons. The van der Waals surface area contributed by atoms with E-state index in [0.29, 0.717) is 26.9 Å². The Balaban J connectivity index is 1.49. The molecule has 11 heteroatoms. The summed E-state index contributed by atoms with van der Waals surface area (Å²) in [6, 6.07) is 5.13. The highest BCUT2D eigenvalue weighted by Crippen LogP contribution is 2.41. The van der Waals surface area contributed by atoms with E-state index in [4.69, 9.17) is 0 Å². The third-order valence-corrected chi connectivity index (χ3v) is 7.23. The van der Waals surface area contributed by atoms with Gasteiger partial charge in [0.15, 0.2) is 0 Å². The molecular weight excluding hydrogens is 467 g/mol. The average molecular weight is 485 g/mol. The van der Waals surface area contributed by atoms with Crippen LogP contribution in [0, 0.1) is 17.5 Å². The van der Waals surface area contributed by atoms with Gasteiger partial charge in [0.2, 0.25) is 0 Å². The highest BCUT2D eigenvalue weighted by atomic mass is 32.1. The Morgan fingerprint density at radius 3 is 2.65 bits per heavy atom. The van der Waals surface area contributed by atoms with Crippen molar-refractivity contribution < 1.29 is 23.1 Å². The fourth-order valence-corrected chi connectivity index (χ4v) is 5.33. The summed E-state index contributed by atoms with van der Waals surface area (Å²) in [5.41, 5.74) is -0.830. The molecule has 0 bridgehead atoms. The zero-order valence-corrected chi connectivity index (χ0v) is 18.6. The lowest BCUT2D eigenvalue weighted by Gasteiger charge is -2.39. The third-order valence-electron chi connectivity index (χ3n) is 6.02. The molecule has 1 aliphatic rings. The number of carbonyl (C=O) groups is 1. The third kappa shape index (κ3) is 3.76. The maximum atomic E-state index is 14.8. The van der Waals surface area contributed by atoms with Crippen LogP contribution in [0.2, 0.25) is 0 Å². The average Bonchev–Trinajstić information content (AvgIpc) is 3.51. The first-order chi connectivity index (χ1) is 16.3. The minimum atomic E-state index is -1.94. The number of amides is 1. The van der Waals surface area contributed by atoms with E-state index in [1.165, 1.54) is 51.9 Å². The molecule has 0 aliphatic carbocycles. The smallest absolute Gasteiger partial charge is 0.264 e. The molecule has 4 heterocycles. The number of rotatable bonds is 6. The summed E-state index contributed by atoms with van der Waals surface area (Å²) in [5.74, 6) is -2.54. The number of fused-ring (bicyclic) bond motifs is 1. The predicted octanol–water partition coefficient (Wildman–Crippen LogP) is 3.75. The second kappa shape index (κ2) is 8.33. The van der Waals surface area contributed by atoms with E-state index in [1.54, 1.807) is 13.0 Å². The molecule has 2 atom stereocenters. The maximum absolute atomic E-state index is 14.8. The van der Waals surface area contributed by atoms with Gasteiger partial charge < -0.3 is 10.0 Å². The molecule has 3 aromatic heterocycles. The molecule has 1 N–H and O–H groups in total. The normalized spacial score (nSPS) is 15.9. The highest BCUT2D eigenvalue weighted by molar-refractivity contribution is 7.17. The minimum absolute atomic E-state index is 0.161. The fourth-order valence-electron chi connectivity index (χ4n) is 4.22. The topological polar surface area (TPSA) is 84.1 Å². The Morgan fingerprint density at radius 1 is 1.15 bits per heavy atom. The summed E-state index contributed by atoms with van der Waals surface area (Å²) in [5, 5.41) is 15.8. The van der Waals surface area contributed by atoms with Crippen LogP contribution in [0.4, 0.5) is 13.2 Å². The summed E-state index contributed by atoms with van der Waals surface area (Å²) in [7, 11) is 0. The number of benzene rings is 1. The van der Waals surface area contributed by atoms with Gasteiger partial charge in [0.05, 0.1) is 23.7 Å². The molecule has 1 aromatic carbocycles. The van der Waals surface area contributed by atoms with Crippen LogP contribution in [0.5, 0.6) is 0 Å². The van der Waals surface area contributed by atoms with Crippen LogP contribution in [0.3, 0.4) is 0 Å². The van der Waals surface area contributed by atoms with Crippen LogP contribution in [0.15, 0.2) is 55.4 Å². The Kier molecular flexibility index (Phi) is 5.45. The number of aliphatic hydroxyl groups is 1. The zero-order valence-electron chi connectivity index (χ0n) is 17.8. The second-order valence-corrected chi connectivity index (χ2v) is 9.16. The Hall–Kier alpha value is -3.57. The molecule has 0 saturated heterocycles. The predicted molar refractivity (Wildman–Crippen MR) is 117 cm³/mol. The summed E-state index contributed by atoms with van der Waals surface area (Å²) in [6.45, 7) is 1.55. The van der Waals surface area contributed by atoms with Crippen LogP contribution in [0.1, 0.15) is 27.7 Å². The van der Waals surface area contributed by atoms with Crippen LogP contribution < -0.4 is 0 Å². The molecule has 34 heavy (non-hydrogen) atoms. The van der Waals surface area contributed by atoms with Crippen molar-refractivity contribution in [3.05, 3.63) is 88.8 Å². The lowest BCUT2D eigenvalue weighted by Crippen LogP contribution is -2.52. The van der Waals surface area contributed by atoms with E-state index in [1.807, 2.05) is 0 Å². The van der Waals surface area contributed by atoms with Gasteiger partial charge in [-0.05, 0) is 30.7 Å². The number of aromatic nitrogens is 4. The Morgan fingerprint density at radius 2 is 1.97 bits per heavy atom. The minimum Gasteiger partial charge on any atom is -0.381 e. The van der Waals surface area contributed by atoms with Gasteiger partial charge in [-0.3, -0.25) is 9.78 Å². The first-order valence-electron chi connectivity index (χ1n) is 10.3. The summed E-state index contributed by atoms with van der Waals surface area (Å²) < 4.78 is 43.3. The van der Waals surface area contributed by atoms with Crippen molar-refractivity contribution in [2.75, 3.05) is 0 Å². The van der Waals surface area contributed by atoms with Crippen molar-refractivity contribution >= 4 is 17.2 Å². The monoisotopic (exact) mass is 485 g/mol. The van der Waals surface area contributed by atoms with Crippen LogP contribution >= 0.6 is 11.3 Å². The summed E-state index contributed by atoms with van der Waals surface area (Å²) >= 11 is 1.20. The molecule has 0 unspecified atom stereocenters. The standard InChI is InChI=1S/C23H18F3N5O2S/c1-13(23(33,10-30-12-28-11-29-30)18-3-2-16(24)6-19(18)26)31-9-15-5-20(34-21(15)22(31)32)14-4-17(25)8-27-7-14/h2-8,11-13,33H,9-10H2,1H3/t13-,23-/m1/s1. The van der Waals surface area contributed by atoms with Gasteiger partial charge in [0, 0.05) is 34.8 Å². The molecule has 7 nitrogen and oxygen atoms in total. The van der Waals surface area contributed by atoms with Gasteiger partial charge in [-0.2, -0.15) is 5.10 Å². The van der Waals surface area contributed by atoms with Crippen molar-refractivity contribution in [1.82, 2.24) is 24.6 Å². The first kappa shape index (κ1) is 22.2. The van der Waals surface area contributed by atoms with Crippen LogP contribution in [0.25, 0.3) is 10.4 Å². The number of hydrogen-bond donors (Lipinski definition) is 1. The largest absolute Gasteiger partial charge is 0.381 e. The molecule has 5 rings (SSSR count). The first-order valence-corrected chi connectivity index (χ1v) is 11.1. The number of hydrogen-bond acceptors (Lipinski definition) is 6. The summed E-state index contributed by atoms with van der Waals surface area (Å²) in [6.07, 6.45) is 5.25. The maximum Gasteiger partial charge on any atom is 0.264 e. The van der Waals surface area contributed by atoms with Crippen LogP contribution in [-0.2, 0) is 18.7 Å². The van der Waals surface area contributed by atoms with Gasteiger partial charge in [0.1, 0.15) is 35.7 Å². The van der Waals surface area contributed by atoms with E-state index in [0.717, 1.165) is 12.3 Å². The fraction of sp³-hybridized carbons (Fsp3) is 0.217. The number of halogens is 3. The summed E-state index contributed by atoms with van der Waals surface area (Å²) in [4.78, 5) is 23.6. The van der Waals surface area contributed by atoms with Gasteiger partial charge in [-0.15, -0.1) is 11.3 Å². The van der Waals surface area contributed by atoms with Crippen molar-refractivity contribution in [3.63, 3.8) is 0 Å². The van der Waals surface area contributed by atoms with Crippen molar-refractivity contribution in [3.8, 4) is 10.4 Å². The number of carbonyl (C=O) groups excluding carboxylic acids is 1. The molecule has 4 aromatic rings. The molecular formula is C23H18F3N5O2S.